The van der Waals surface area contributed by atoms with E-state index in [4.69, 9.17) is 22.9 Å². The molecule has 3 aromatic rings. The van der Waals surface area contributed by atoms with Gasteiger partial charge in [-0.1, -0.05) is 73.3 Å². The number of allylic oxidation sites excluding steroid dienone is 5. The van der Waals surface area contributed by atoms with Crippen molar-refractivity contribution in [2.75, 3.05) is 104 Å². The average Bonchev–Trinajstić information content (AvgIpc) is 3.27. The van der Waals surface area contributed by atoms with Crippen molar-refractivity contribution in [3.63, 3.8) is 0 Å². The third-order valence-corrected chi connectivity index (χ3v) is 22.3. The van der Waals surface area contributed by atoms with Crippen molar-refractivity contribution in [3.8, 4) is 0 Å². The van der Waals surface area contributed by atoms with E-state index in [-0.39, 0.29) is 0 Å². The normalized spacial score (nSPS) is 13.8. The molecule has 8 heteroatoms. The first-order chi connectivity index (χ1) is 28.7. The number of hydrogen-bond donors (Lipinski definition) is 4. The summed E-state index contributed by atoms with van der Waals surface area (Å²) in [5.41, 5.74) is 24.0. The first kappa shape index (κ1) is 50.9. The molecule has 1 atom stereocenters. The van der Waals surface area contributed by atoms with E-state index in [1.54, 1.807) is 10.6 Å². The summed E-state index contributed by atoms with van der Waals surface area (Å²) in [7, 11) is 1.40. The zero-order valence-corrected chi connectivity index (χ0v) is 39.5. The quantitative estimate of drug-likeness (QED) is 0.0215. The fourth-order valence-electron chi connectivity index (χ4n) is 9.40. The summed E-state index contributed by atoms with van der Waals surface area (Å²) < 4.78 is 2.15. The molecule has 0 saturated carbocycles. The van der Waals surface area contributed by atoms with Crippen LogP contribution in [0.15, 0.2) is 127 Å². The fourth-order valence-corrected chi connectivity index (χ4v) is 18.6. The van der Waals surface area contributed by atoms with Gasteiger partial charge in [-0.05, 0) is 107 Å². The second-order valence-corrected chi connectivity index (χ2v) is 25.2. The molecule has 0 aliphatic heterocycles. The number of nitrogens with zero attached hydrogens (tertiary/aromatic N) is 2. The van der Waals surface area contributed by atoms with E-state index < -0.39 is 14.5 Å². The maximum absolute atomic E-state index is 6.00. The lowest BCUT2D eigenvalue weighted by Crippen LogP contribution is -2.47. The van der Waals surface area contributed by atoms with Crippen LogP contribution in [0.25, 0.3) is 0 Å². The topological polar surface area (TPSA) is 104 Å². The summed E-state index contributed by atoms with van der Waals surface area (Å²) in [6.45, 7) is 16.3. The van der Waals surface area contributed by atoms with Crippen LogP contribution in [0, 0.1) is 0 Å². The number of hydrogen-bond acceptors (Lipinski definition) is 4. The van der Waals surface area contributed by atoms with Crippen molar-refractivity contribution < 1.29 is 8.97 Å². The molecule has 326 valence electrons. The number of nitrogens with two attached hydrogens (primary N) is 4. The number of unbranched alkanes of at least 4 members (excludes halogenated alkanes) is 3. The van der Waals surface area contributed by atoms with Crippen molar-refractivity contribution in [2.45, 2.75) is 71.1 Å². The van der Waals surface area contributed by atoms with Crippen molar-refractivity contribution in [3.05, 3.63) is 127 Å². The Morgan fingerprint density at radius 2 is 0.831 bits per heavy atom. The van der Waals surface area contributed by atoms with E-state index in [9.17, 15) is 0 Å². The second-order valence-electron chi connectivity index (χ2n) is 17.4. The lowest BCUT2D eigenvalue weighted by molar-refractivity contribution is -0.910. The van der Waals surface area contributed by atoms with Gasteiger partial charge in [0.15, 0.2) is 0 Å². The average molecular weight is 845 g/mol. The fraction of sp³-hybridized carbons (Fsp3) is 0.529. The number of quaternary nitrogens is 2. The van der Waals surface area contributed by atoms with Gasteiger partial charge in [0, 0.05) is 38.5 Å². The number of rotatable bonds is 33. The summed E-state index contributed by atoms with van der Waals surface area (Å²) in [5, 5.41) is 6.14. The van der Waals surface area contributed by atoms with Gasteiger partial charge >= 0.3 is 0 Å². The first-order valence-corrected chi connectivity index (χ1v) is 27.4. The van der Waals surface area contributed by atoms with Gasteiger partial charge in [-0.25, -0.2) is 0 Å². The van der Waals surface area contributed by atoms with Gasteiger partial charge < -0.3 is 31.9 Å². The predicted molar refractivity (Wildman–Crippen MR) is 269 cm³/mol. The van der Waals surface area contributed by atoms with E-state index in [1.807, 2.05) is 6.08 Å². The van der Waals surface area contributed by atoms with E-state index >= 15 is 0 Å². The Balaban J connectivity index is 1.95. The maximum atomic E-state index is 6.00. The highest BCUT2D eigenvalue weighted by Gasteiger charge is 2.45. The van der Waals surface area contributed by atoms with Gasteiger partial charge in [0.05, 0.1) is 114 Å². The first-order valence-electron chi connectivity index (χ1n) is 23.0. The van der Waals surface area contributed by atoms with E-state index in [1.165, 1.54) is 86.9 Å². The standard InChI is InChI=1S/C51H86N6P2/c1-5-26-48(27-6-2)58(49-28-10-7-11-29-49,44-18-16-38-56(3,40-22-34-52)41-23-35-53)46-20-21-47-59(50-30-12-8-13-31-50,51-32-14-9-15-33-51)45-19-17-39-57(4,42-24-36-54)43-25-37-55/h5-15,26-33H,1,16-25,34-47,52-55H2,2-4H3/q+4/b27-6-,48-26+. The lowest BCUT2D eigenvalue weighted by Gasteiger charge is -2.35. The molecule has 0 amide bonds. The molecule has 59 heavy (non-hydrogen) atoms. The van der Waals surface area contributed by atoms with Crippen LogP contribution in [-0.2, 0) is 0 Å². The molecule has 0 aromatic heterocycles. The van der Waals surface area contributed by atoms with Gasteiger partial charge in [-0.3, -0.25) is 0 Å². The molecule has 0 fully saturated rings. The SMILES string of the molecule is C=C/C=C(\C=C/C)[P+](CCCC[N+](C)(CCCN)CCCN)(CCCC[P+](CCCC[N+](C)(CCCN)CCCN)(c1ccccc1)c1ccccc1)c1ccccc1. The Kier molecular flexibility index (Phi) is 24.3. The smallest absolute Gasteiger partial charge is 0.0991 e. The van der Waals surface area contributed by atoms with Gasteiger partial charge in [-0.15, -0.1) is 0 Å². The highest BCUT2D eigenvalue weighted by molar-refractivity contribution is 7.89. The van der Waals surface area contributed by atoms with E-state index in [2.05, 4.69) is 137 Å². The summed E-state index contributed by atoms with van der Waals surface area (Å²) in [6.07, 6.45) is 25.5. The third-order valence-electron chi connectivity index (χ3n) is 12.8. The highest BCUT2D eigenvalue weighted by atomic mass is 31.2. The molecule has 8 N–H and O–H groups in total. The molecule has 0 saturated heterocycles. The zero-order valence-electron chi connectivity index (χ0n) is 37.7. The van der Waals surface area contributed by atoms with Crippen LogP contribution in [0.2, 0.25) is 0 Å². The molecule has 3 aromatic carbocycles. The van der Waals surface area contributed by atoms with Crippen LogP contribution in [0.3, 0.4) is 0 Å². The van der Waals surface area contributed by atoms with Crippen molar-refractivity contribution in [1.82, 2.24) is 0 Å². The summed E-state index contributed by atoms with van der Waals surface area (Å²) in [5.74, 6) is 0. The molecule has 0 bridgehead atoms. The molecule has 0 aliphatic carbocycles. The predicted octanol–water partition coefficient (Wildman–Crippen LogP) is 8.27. The maximum Gasteiger partial charge on any atom is 0.0991 e. The molecule has 0 radical (unpaired) electrons. The Bertz CT molecular complexity index is 1540. The Labute approximate surface area is 363 Å². The van der Waals surface area contributed by atoms with Crippen LogP contribution in [0.4, 0.5) is 0 Å². The molecule has 3 rings (SSSR count). The molecule has 0 heterocycles. The van der Waals surface area contributed by atoms with Gasteiger partial charge in [0.2, 0.25) is 0 Å². The Morgan fingerprint density at radius 1 is 0.492 bits per heavy atom. The van der Waals surface area contributed by atoms with Crippen LogP contribution >= 0.6 is 14.5 Å². The lowest BCUT2D eigenvalue weighted by atomic mass is 10.2. The van der Waals surface area contributed by atoms with Gasteiger partial charge in [0.1, 0.15) is 0 Å². The molecule has 1 unspecified atom stereocenters. The molecule has 0 aliphatic rings. The van der Waals surface area contributed by atoms with Crippen LogP contribution in [0.5, 0.6) is 0 Å². The molecule has 0 spiro atoms. The van der Waals surface area contributed by atoms with Crippen molar-refractivity contribution >= 4 is 30.4 Å². The van der Waals surface area contributed by atoms with Crippen LogP contribution in [0.1, 0.15) is 71.1 Å². The largest absolute Gasteiger partial charge is 0.330 e. The van der Waals surface area contributed by atoms with Gasteiger partial charge in [0.25, 0.3) is 0 Å². The molecule has 6 nitrogen and oxygen atoms in total. The Hall–Kier alpha value is -2.50. The monoisotopic (exact) mass is 845 g/mol. The number of benzene rings is 3. The second kappa shape index (κ2) is 28.2. The zero-order chi connectivity index (χ0) is 42.7. The summed E-state index contributed by atoms with van der Waals surface area (Å²) in [6, 6.07) is 34.8. The summed E-state index contributed by atoms with van der Waals surface area (Å²) >= 11 is 0. The van der Waals surface area contributed by atoms with Crippen LogP contribution in [-0.4, -0.2) is 113 Å². The summed E-state index contributed by atoms with van der Waals surface area (Å²) in [4.78, 5) is 0. The van der Waals surface area contributed by atoms with Crippen LogP contribution < -0.4 is 38.8 Å². The van der Waals surface area contributed by atoms with E-state index in [0.717, 1.165) is 87.0 Å². The third kappa shape index (κ3) is 16.4. The minimum atomic E-state index is -1.76. The minimum Gasteiger partial charge on any atom is -0.330 e. The molecular weight excluding hydrogens is 759 g/mol. The minimum absolute atomic E-state index is 0.750. The molecular formula is C51H86N6P2+4. The Morgan fingerprint density at radius 3 is 1.20 bits per heavy atom. The van der Waals surface area contributed by atoms with Crippen molar-refractivity contribution in [2.24, 2.45) is 22.9 Å². The highest BCUT2D eigenvalue weighted by Crippen LogP contribution is 2.66. The van der Waals surface area contributed by atoms with Crippen molar-refractivity contribution in [1.29, 1.82) is 0 Å². The van der Waals surface area contributed by atoms with E-state index in [0.29, 0.717) is 0 Å². The van der Waals surface area contributed by atoms with Gasteiger partial charge in [-0.2, -0.15) is 0 Å².